The molecule has 1 heterocycles. The molecule has 6 heteroatoms. The first-order valence-electron chi connectivity index (χ1n) is 6.31. The summed E-state index contributed by atoms with van der Waals surface area (Å²) in [4.78, 5) is 6.47. The number of hydrogen-bond acceptors (Lipinski definition) is 4. The van der Waals surface area contributed by atoms with E-state index >= 15 is 0 Å². The van der Waals surface area contributed by atoms with E-state index in [4.69, 9.17) is 10.9 Å². The highest BCUT2D eigenvalue weighted by Gasteiger charge is 2.07. The SMILES string of the molecule is CN(Cc1cccc(C(N)=NO)c1)Cc1nccn1C. The Kier molecular flexibility index (Phi) is 4.37. The maximum atomic E-state index is 8.70. The zero-order chi connectivity index (χ0) is 14.5. The molecule has 106 valence electrons. The minimum absolute atomic E-state index is 0.124. The van der Waals surface area contributed by atoms with E-state index in [-0.39, 0.29) is 5.84 Å². The van der Waals surface area contributed by atoms with Crippen LogP contribution in [0.2, 0.25) is 0 Å². The van der Waals surface area contributed by atoms with Crippen LogP contribution in [0, 0.1) is 0 Å². The van der Waals surface area contributed by atoms with Crippen molar-refractivity contribution in [3.63, 3.8) is 0 Å². The molecule has 0 fully saturated rings. The topological polar surface area (TPSA) is 79.7 Å². The number of benzene rings is 1. The zero-order valence-electron chi connectivity index (χ0n) is 11.7. The fourth-order valence-electron chi connectivity index (χ4n) is 2.04. The van der Waals surface area contributed by atoms with E-state index in [1.54, 1.807) is 6.20 Å². The third-order valence-electron chi connectivity index (χ3n) is 3.12. The lowest BCUT2D eigenvalue weighted by Crippen LogP contribution is -2.20. The first-order valence-corrected chi connectivity index (χ1v) is 6.31. The third-order valence-corrected chi connectivity index (χ3v) is 3.12. The summed E-state index contributed by atoms with van der Waals surface area (Å²) >= 11 is 0. The van der Waals surface area contributed by atoms with Gasteiger partial charge in [-0.3, -0.25) is 4.90 Å². The average molecular weight is 273 g/mol. The molecule has 2 rings (SSSR count). The van der Waals surface area contributed by atoms with E-state index in [0.29, 0.717) is 0 Å². The first-order chi connectivity index (χ1) is 9.60. The van der Waals surface area contributed by atoms with Crippen molar-refractivity contribution in [1.82, 2.24) is 14.5 Å². The smallest absolute Gasteiger partial charge is 0.170 e. The lowest BCUT2D eigenvalue weighted by atomic mass is 10.1. The van der Waals surface area contributed by atoms with E-state index in [9.17, 15) is 0 Å². The van der Waals surface area contributed by atoms with Crippen molar-refractivity contribution in [2.75, 3.05) is 7.05 Å². The van der Waals surface area contributed by atoms with Gasteiger partial charge in [-0.1, -0.05) is 23.4 Å². The second-order valence-corrected chi connectivity index (χ2v) is 4.81. The molecule has 1 aromatic carbocycles. The number of rotatable bonds is 5. The number of imidazole rings is 1. The Morgan fingerprint density at radius 3 is 2.90 bits per heavy atom. The van der Waals surface area contributed by atoms with Gasteiger partial charge >= 0.3 is 0 Å². The van der Waals surface area contributed by atoms with Crippen LogP contribution in [0.3, 0.4) is 0 Å². The molecular weight excluding hydrogens is 254 g/mol. The molecule has 0 aliphatic heterocycles. The Morgan fingerprint density at radius 2 is 2.25 bits per heavy atom. The predicted octanol–water partition coefficient (Wildman–Crippen LogP) is 1.15. The Morgan fingerprint density at radius 1 is 1.45 bits per heavy atom. The van der Waals surface area contributed by atoms with Crippen LogP contribution >= 0.6 is 0 Å². The van der Waals surface area contributed by atoms with Gasteiger partial charge in [0.1, 0.15) is 5.82 Å². The van der Waals surface area contributed by atoms with Gasteiger partial charge in [0, 0.05) is 31.5 Å². The molecule has 1 aromatic heterocycles. The molecule has 0 atom stereocenters. The summed E-state index contributed by atoms with van der Waals surface area (Å²) < 4.78 is 2.00. The highest BCUT2D eigenvalue weighted by Crippen LogP contribution is 2.09. The van der Waals surface area contributed by atoms with Crippen molar-refractivity contribution in [2.45, 2.75) is 13.1 Å². The van der Waals surface area contributed by atoms with Crippen LogP contribution < -0.4 is 5.73 Å². The maximum Gasteiger partial charge on any atom is 0.170 e. The van der Waals surface area contributed by atoms with Gasteiger partial charge in [0.05, 0.1) is 6.54 Å². The molecule has 0 saturated carbocycles. The lowest BCUT2D eigenvalue weighted by molar-refractivity contribution is 0.307. The molecule has 20 heavy (non-hydrogen) atoms. The molecule has 0 bridgehead atoms. The Balaban J connectivity index is 2.04. The molecular formula is C14H19N5O. The molecule has 0 unspecified atom stereocenters. The summed E-state index contributed by atoms with van der Waals surface area (Å²) in [6.45, 7) is 1.52. The maximum absolute atomic E-state index is 8.70. The van der Waals surface area contributed by atoms with Crippen molar-refractivity contribution in [1.29, 1.82) is 0 Å². The summed E-state index contributed by atoms with van der Waals surface area (Å²) in [5, 5.41) is 11.7. The molecule has 6 nitrogen and oxygen atoms in total. The van der Waals surface area contributed by atoms with E-state index in [0.717, 1.165) is 30.0 Å². The average Bonchev–Trinajstić information content (AvgIpc) is 2.83. The van der Waals surface area contributed by atoms with Gasteiger partial charge in [-0.2, -0.15) is 0 Å². The van der Waals surface area contributed by atoms with Gasteiger partial charge in [-0.15, -0.1) is 0 Å². The van der Waals surface area contributed by atoms with Gasteiger partial charge in [-0.25, -0.2) is 4.98 Å². The van der Waals surface area contributed by atoms with E-state index in [1.807, 2.05) is 49.1 Å². The standard InChI is InChI=1S/C14H19N5O/c1-18(10-13-16-6-7-19(13)2)9-11-4-3-5-12(8-11)14(15)17-20/h3-8,20H,9-10H2,1-2H3,(H2,15,17). The van der Waals surface area contributed by atoms with Crippen LogP contribution in [0.4, 0.5) is 0 Å². The molecule has 0 amide bonds. The largest absolute Gasteiger partial charge is 0.409 e. The number of amidine groups is 1. The van der Waals surface area contributed by atoms with Gasteiger partial charge < -0.3 is 15.5 Å². The molecule has 3 N–H and O–H groups in total. The highest BCUT2D eigenvalue weighted by atomic mass is 16.4. The highest BCUT2D eigenvalue weighted by molar-refractivity contribution is 5.97. The minimum Gasteiger partial charge on any atom is -0.409 e. The molecule has 0 spiro atoms. The van der Waals surface area contributed by atoms with Crippen molar-refractivity contribution < 1.29 is 5.21 Å². The Labute approximate surface area is 118 Å². The summed E-state index contributed by atoms with van der Waals surface area (Å²) in [5.41, 5.74) is 7.42. The normalized spacial score (nSPS) is 12.1. The quantitative estimate of drug-likeness (QED) is 0.370. The molecule has 0 aliphatic rings. The van der Waals surface area contributed by atoms with Crippen molar-refractivity contribution in [3.05, 3.63) is 53.6 Å². The number of hydrogen-bond donors (Lipinski definition) is 2. The number of aromatic nitrogens is 2. The molecule has 0 saturated heterocycles. The summed E-state index contributed by atoms with van der Waals surface area (Å²) in [5.74, 6) is 1.14. The van der Waals surface area contributed by atoms with Crippen LogP contribution in [0.5, 0.6) is 0 Å². The minimum atomic E-state index is 0.124. The Hall–Kier alpha value is -2.34. The molecule has 2 aromatic rings. The fraction of sp³-hybridized carbons (Fsp3) is 0.286. The summed E-state index contributed by atoms with van der Waals surface area (Å²) in [6, 6.07) is 7.65. The molecule has 0 radical (unpaired) electrons. The van der Waals surface area contributed by atoms with Gasteiger partial charge in [0.2, 0.25) is 0 Å². The van der Waals surface area contributed by atoms with Crippen molar-refractivity contribution in [2.24, 2.45) is 17.9 Å². The van der Waals surface area contributed by atoms with Crippen molar-refractivity contribution >= 4 is 5.84 Å². The van der Waals surface area contributed by atoms with Gasteiger partial charge in [0.25, 0.3) is 0 Å². The van der Waals surface area contributed by atoms with Crippen LogP contribution in [0.1, 0.15) is 17.0 Å². The number of oxime groups is 1. The lowest BCUT2D eigenvalue weighted by Gasteiger charge is -2.16. The fourth-order valence-corrected chi connectivity index (χ4v) is 2.04. The monoisotopic (exact) mass is 273 g/mol. The number of nitrogens with zero attached hydrogens (tertiary/aromatic N) is 4. The summed E-state index contributed by atoms with van der Waals surface area (Å²) in [7, 11) is 4.01. The summed E-state index contributed by atoms with van der Waals surface area (Å²) in [6.07, 6.45) is 3.73. The van der Waals surface area contributed by atoms with Gasteiger partial charge in [0.15, 0.2) is 5.84 Å². The number of nitrogens with two attached hydrogens (primary N) is 1. The number of aryl methyl sites for hydroxylation is 1. The second-order valence-electron chi connectivity index (χ2n) is 4.81. The van der Waals surface area contributed by atoms with E-state index in [1.165, 1.54) is 0 Å². The van der Waals surface area contributed by atoms with Crippen LogP contribution in [0.15, 0.2) is 41.8 Å². The van der Waals surface area contributed by atoms with Crippen LogP contribution in [-0.4, -0.2) is 32.5 Å². The zero-order valence-corrected chi connectivity index (χ0v) is 11.7. The third kappa shape index (κ3) is 3.36. The van der Waals surface area contributed by atoms with Crippen LogP contribution in [0.25, 0.3) is 0 Å². The van der Waals surface area contributed by atoms with E-state index in [2.05, 4.69) is 15.0 Å². The van der Waals surface area contributed by atoms with Crippen LogP contribution in [-0.2, 0) is 20.1 Å². The Bertz CT molecular complexity index is 605. The predicted molar refractivity (Wildman–Crippen MR) is 77.3 cm³/mol. The van der Waals surface area contributed by atoms with E-state index < -0.39 is 0 Å². The molecule has 0 aliphatic carbocycles. The second kappa shape index (κ2) is 6.21. The first kappa shape index (κ1) is 14.1. The van der Waals surface area contributed by atoms with Crippen molar-refractivity contribution in [3.8, 4) is 0 Å². The van der Waals surface area contributed by atoms with Gasteiger partial charge in [-0.05, 0) is 18.7 Å².